The van der Waals surface area contributed by atoms with Gasteiger partial charge in [-0.1, -0.05) is 323 Å². The fraction of sp³-hybridized carbons (Fsp3) is 0.268. The van der Waals surface area contributed by atoms with Crippen molar-refractivity contribution in [2.75, 3.05) is 0 Å². The molecule has 8 aromatic carbocycles. The zero-order chi connectivity index (χ0) is 102. The molecule has 0 saturated carbocycles. The minimum absolute atomic E-state index is 0. The molecule has 5 N–H and O–H groups in total. The van der Waals surface area contributed by atoms with Gasteiger partial charge in [-0.05, 0) is 190 Å². The molecule has 2 aliphatic heterocycles. The van der Waals surface area contributed by atoms with Crippen molar-refractivity contribution in [2.45, 2.75) is 218 Å². The molecule has 8 bridgehead atoms. The molecule has 0 unspecified atom stereocenters. The van der Waals surface area contributed by atoms with Gasteiger partial charge < -0.3 is 45.5 Å². The van der Waals surface area contributed by atoms with Crippen LogP contribution < -0.4 is 9.97 Å². The summed E-state index contributed by atoms with van der Waals surface area (Å²) in [6.07, 6.45) is 17.4. The van der Waals surface area contributed by atoms with Gasteiger partial charge in [0.1, 0.15) is 23.0 Å². The summed E-state index contributed by atoms with van der Waals surface area (Å²) in [5.41, 5.74) is 32.4. The van der Waals surface area contributed by atoms with Crippen LogP contribution in [0.2, 0.25) is 0 Å². The molecule has 2 aliphatic rings. The second-order valence-corrected chi connectivity index (χ2v) is 38.7. The Morgan fingerprint density at radius 3 is 1.06 bits per heavy atom. The van der Waals surface area contributed by atoms with Crippen LogP contribution in [0.4, 0.5) is 28.9 Å². The quantitative estimate of drug-likeness (QED) is 0.0306. The van der Waals surface area contributed by atoms with E-state index in [9.17, 15) is 32.9 Å². The number of aliphatic imine (C=N–C) groups is 2. The largest absolute Gasteiger partial charge is 2.00 e. The van der Waals surface area contributed by atoms with E-state index in [1.165, 1.54) is 75.1 Å². The van der Waals surface area contributed by atoms with Crippen LogP contribution in [0.5, 0.6) is 23.0 Å². The molecule has 0 fully saturated rings. The number of hydrogen-bond donors (Lipinski definition) is 5. The Hall–Kier alpha value is -11.5. The Morgan fingerprint density at radius 2 is 0.721 bits per heavy atom. The SMILES string of the molecule is CC(C)(C)c1cc(C=Nc2ccccc2N=Cc2cc(C(C)(C)C)cc(C(C)(C)C)c2O)c(O)c(C(C)(C)C)c1.CCC1=C(CC)c2cc3[n-]c(cc4nc(cc5[n-]c(cc1n2)c(CC)c5CC)C(CC)=C4CC)c(CC)c3CC.OCc1ccnc(-c2[c-]cc(F)cc2F)c1.Oc1ccccc1-c1ccccc1.Oc1ccnc(-c2[c-]cc(F)cc2F)c1.[Ir].[Ir].[Pt+2].[Pt].[Pt].[c-]1c(-c2ccccn2)cccc1-c1ccccn1. The van der Waals surface area contributed by atoms with Crippen molar-refractivity contribution in [1.82, 2.24) is 39.9 Å². The van der Waals surface area contributed by atoms with E-state index in [-0.39, 0.29) is 166 Å². The van der Waals surface area contributed by atoms with Gasteiger partial charge in [0.25, 0.3) is 0 Å². The number of fused-ring (bicyclic) bond motifs is 8. The van der Waals surface area contributed by atoms with E-state index in [1.807, 2.05) is 140 Å². The van der Waals surface area contributed by atoms with Gasteiger partial charge in [0.15, 0.2) is 0 Å². The zero-order valence-electron chi connectivity index (χ0n) is 86.6. The molecule has 7 aromatic heterocycles. The number of allylic oxidation sites excluding steroid dienone is 4. The Balaban J connectivity index is 0.000000251. The number of aromatic nitrogens is 8. The Bertz CT molecular complexity index is 6890. The van der Waals surface area contributed by atoms with E-state index in [0.717, 1.165) is 176 Å². The fourth-order valence-electron chi connectivity index (χ4n) is 17.1. The van der Waals surface area contributed by atoms with Crippen molar-refractivity contribution in [3.05, 3.63) is 381 Å². The maximum atomic E-state index is 13.4. The Kier molecular flexibility index (Phi) is 46.4. The summed E-state index contributed by atoms with van der Waals surface area (Å²) in [4.78, 5) is 47.0. The maximum Gasteiger partial charge on any atom is 2.00 e. The van der Waals surface area contributed by atoms with E-state index in [1.54, 1.807) is 37.0 Å². The predicted octanol–water partition coefficient (Wildman–Crippen LogP) is 30.6. The molecule has 9 heterocycles. The number of aliphatic hydroxyl groups excluding tert-OH is 1. The zero-order valence-corrected chi connectivity index (χ0v) is 98.2. The van der Waals surface area contributed by atoms with Crippen LogP contribution >= 0.6 is 0 Å². The van der Waals surface area contributed by atoms with Crippen LogP contribution in [0.15, 0.2) is 265 Å². The van der Waals surface area contributed by atoms with E-state index in [4.69, 9.17) is 40.1 Å². The van der Waals surface area contributed by atoms with Gasteiger partial charge in [-0.15, -0.1) is 70.6 Å². The number of phenols is 3. The predicted molar refractivity (Wildman–Crippen MR) is 573 cm³/mol. The summed E-state index contributed by atoms with van der Waals surface area (Å²) in [5.74, 6) is -2.05. The van der Waals surface area contributed by atoms with Crippen molar-refractivity contribution in [2.24, 2.45) is 9.98 Å². The van der Waals surface area contributed by atoms with Crippen LogP contribution in [0.25, 0.3) is 101 Å². The topological polar surface area (TPSA) is 231 Å². The number of para-hydroxylation sites is 3. The van der Waals surface area contributed by atoms with Gasteiger partial charge in [-0.25, -0.2) is 9.97 Å². The number of hydrogen-bond acceptors (Lipinski definition) is 13. The number of aryl methyl sites for hydroxylation is 4. The first kappa shape index (κ1) is 122. The number of benzene rings is 8. The molecule has 0 spiro atoms. The number of aliphatic hydroxyl groups is 1. The number of nitrogens with zero attached hydrogens (tertiary/aromatic N) is 10. The fourth-order valence-corrected chi connectivity index (χ4v) is 17.1. The second-order valence-electron chi connectivity index (χ2n) is 38.7. The minimum atomic E-state index is -0.756. The van der Waals surface area contributed by atoms with Crippen LogP contribution in [-0.2, 0) is 157 Å². The molecule has 778 valence electrons. The average Bonchev–Trinajstić information content (AvgIpc) is 1.72. The Morgan fingerprint density at radius 1 is 0.361 bits per heavy atom. The minimum Gasteiger partial charge on any atom is -0.657 e. The molecule has 15 aromatic rings. The summed E-state index contributed by atoms with van der Waals surface area (Å²) in [7, 11) is 0. The van der Waals surface area contributed by atoms with Crippen molar-refractivity contribution in [1.29, 1.82) is 0 Å². The van der Waals surface area contributed by atoms with Gasteiger partial charge in [0.2, 0.25) is 0 Å². The molecule has 17 rings (SSSR count). The molecule has 0 aliphatic carbocycles. The first-order chi connectivity index (χ1) is 67.8. The molecule has 0 saturated heterocycles. The molecule has 15 nitrogen and oxygen atoms in total. The van der Waals surface area contributed by atoms with E-state index >= 15 is 0 Å². The van der Waals surface area contributed by atoms with Crippen LogP contribution in [-0.4, -0.2) is 67.9 Å². The van der Waals surface area contributed by atoms with Crippen LogP contribution in [0.1, 0.15) is 248 Å². The molecule has 0 atom stereocenters. The van der Waals surface area contributed by atoms with Gasteiger partial charge >= 0.3 is 21.1 Å². The van der Waals surface area contributed by atoms with Crippen molar-refractivity contribution in [3.8, 4) is 79.2 Å². The molecule has 24 heteroatoms. The summed E-state index contributed by atoms with van der Waals surface area (Å²) in [6.45, 7) is 43.5. The standard InChI is InChI=1S/C36H44N4.C36H48N2O2.C16H11N2.C12H8F2NO.C12H10O.C11H6F2NO.2Ir.3Pt/c1-9-21-22(10-2)30-18-32-25(13-5)26(14-6)34(39-32)20-36-28(16-8)27(15-7)35(40-36)19-33-24(12-4)23(11-3)31(38-33)17-29(21)37-30;1-33(2,3)25-17-23(31(39)27(19-25)35(7,8)9)21-37-29-15-13-14-16-30(29)38-22-24-18-26(34(4,5)6)20-28(32(24)40)36(10,11)12;1-3-10-17-15(8-1)13-6-5-7-14(12-13)16-9-2-4-11-18-16;13-9-1-2-10(11(14)6-9)12-5-8(7-16)3-4-15-12;13-12-9-5-4-8-11(12)10-6-2-1-3-7-10;12-7-1-2-9(10(13)5-7)11-6-8(15)3-4-14-11;;;;;/h17-20H,9-16H2,1-8H3;13-22,39-40H,1-12H3;1-11H;1,3-6,16H,7H2;1-9,13H;1,3-6H,(H,14,15);;;;;/q-2;;2*-1;;-1;;;;;+2. The third-order valence-corrected chi connectivity index (χ3v) is 24.7. The number of pyridine rings is 4. The van der Waals surface area contributed by atoms with E-state index < -0.39 is 23.3 Å². The van der Waals surface area contributed by atoms with Crippen molar-refractivity contribution >= 4 is 68.2 Å². The summed E-state index contributed by atoms with van der Waals surface area (Å²) < 4.78 is 52.0. The van der Waals surface area contributed by atoms with E-state index in [2.05, 4.69) is 213 Å². The summed E-state index contributed by atoms with van der Waals surface area (Å²) in [5, 5.41) is 50.0. The molecule has 147 heavy (non-hydrogen) atoms. The van der Waals surface area contributed by atoms with Gasteiger partial charge in [-0.2, -0.15) is 0 Å². The third kappa shape index (κ3) is 31.4. The second kappa shape index (κ2) is 55.7. The monoisotopic (exact) mass is 2870 g/mol. The molecular formula is C123H127F4Ir2N10O5Pt3-3. The normalized spacial score (nSPS) is 11.7. The number of phenolic OH excluding ortho intramolecular Hbond substituents is 3. The van der Waals surface area contributed by atoms with Crippen LogP contribution in [0.3, 0.4) is 0 Å². The first-order valence-electron chi connectivity index (χ1n) is 48.5. The van der Waals surface area contributed by atoms with Crippen molar-refractivity contribution in [3.63, 3.8) is 0 Å². The van der Waals surface area contributed by atoms with Gasteiger partial charge in [-0.3, -0.25) is 37.5 Å². The maximum absolute atomic E-state index is 13.4. The van der Waals surface area contributed by atoms with Gasteiger partial charge in [0, 0.05) is 182 Å². The summed E-state index contributed by atoms with van der Waals surface area (Å²) in [6, 6.07) is 77.5. The third-order valence-electron chi connectivity index (χ3n) is 24.7. The molecular weight excluding hydrogens is 2740 g/mol. The van der Waals surface area contributed by atoms with E-state index in [0.29, 0.717) is 39.5 Å². The molecule has 2 radical (unpaired) electrons. The van der Waals surface area contributed by atoms with Gasteiger partial charge in [0.05, 0.1) is 40.8 Å². The number of aromatic hydroxyl groups is 4. The average molecular weight is 2870 g/mol. The summed E-state index contributed by atoms with van der Waals surface area (Å²) >= 11 is 0. The Labute approximate surface area is 934 Å². The molecule has 0 amide bonds. The number of halogens is 4. The van der Waals surface area contributed by atoms with Crippen LogP contribution in [0, 0.1) is 41.5 Å². The number of rotatable bonds is 18. The smallest absolute Gasteiger partial charge is 0.657 e. The first-order valence-corrected chi connectivity index (χ1v) is 48.5. The van der Waals surface area contributed by atoms with Crippen molar-refractivity contribution < 1.29 is 147 Å².